The summed E-state index contributed by atoms with van der Waals surface area (Å²) in [6.07, 6.45) is 0.404. The van der Waals surface area contributed by atoms with Crippen LogP contribution in [-0.2, 0) is 12.6 Å². The molecule has 0 amide bonds. The van der Waals surface area contributed by atoms with Gasteiger partial charge >= 0.3 is 12.2 Å². The smallest absolute Gasteiger partial charge is 0.421 e. The molecular formula is C18H22F3N3O. The molecular weight excluding hydrogens is 331 g/mol. The maximum atomic E-state index is 13.3. The minimum Gasteiger partial charge on any atom is -0.467 e. The van der Waals surface area contributed by atoms with E-state index in [1.54, 1.807) is 13.1 Å². The number of hydrogen-bond acceptors (Lipinski definition) is 4. The van der Waals surface area contributed by atoms with Crippen LogP contribution in [0.5, 0.6) is 6.01 Å². The molecule has 1 heterocycles. The van der Waals surface area contributed by atoms with Crippen LogP contribution < -0.4 is 9.64 Å². The fraction of sp³-hybridized carbons (Fsp3) is 0.444. The molecule has 0 fully saturated rings. The molecule has 25 heavy (non-hydrogen) atoms. The molecule has 0 N–H and O–H groups in total. The van der Waals surface area contributed by atoms with Gasteiger partial charge in [0, 0.05) is 18.9 Å². The molecule has 0 unspecified atom stereocenters. The van der Waals surface area contributed by atoms with Gasteiger partial charge < -0.3 is 9.64 Å². The van der Waals surface area contributed by atoms with Gasteiger partial charge in [0.25, 0.3) is 0 Å². The zero-order valence-electron chi connectivity index (χ0n) is 14.6. The van der Waals surface area contributed by atoms with E-state index in [4.69, 9.17) is 4.74 Å². The Bertz CT molecular complexity index is 704. The molecule has 2 aromatic rings. The van der Waals surface area contributed by atoms with E-state index in [0.717, 1.165) is 37.4 Å². The van der Waals surface area contributed by atoms with Crippen LogP contribution in [0, 0.1) is 0 Å². The van der Waals surface area contributed by atoms with Crippen molar-refractivity contribution in [2.45, 2.75) is 38.8 Å². The number of halogens is 3. The maximum absolute atomic E-state index is 13.3. The Balaban J connectivity index is 2.36. The highest BCUT2D eigenvalue weighted by molar-refractivity contribution is 5.63. The van der Waals surface area contributed by atoms with Crippen molar-refractivity contribution in [3.8, 4) is 6.01 Å². The van der Waals surface area contributed by atoms with E-state index in [1.807, 2.05) is 18.2 Å². The molecule has 1 aromatic heterocycles. The number of aromatic nitrogens is 2. The number of benzene rings is 1. The Morgan fingerprint density at radius 3 is 2.60 bits per heavy atom. The lowest BCUT2D eigenvalue weighted by Gasteiger charge is -2.23. The van der Waals surface area contributed by atoms with Gasteiger partial charge in [-0.2, -0.15) is 18.2 Å². The molecule has 0 bridgehead atoms. The van der Waals surface area contributed by atoms with E-state index in [-0.39, 0.29) is 11.8 Å². The minimum atomic E-state index is -4.55. The van der Waals surface area contributed by atoms with Crippen molar-refractivity contribution in [1.82, 2.24) is 9.97 Å². The number of ether oxygens (including phenoxy) is 1. The third-order valence-electron chi connectivity index (χ3n) is 3.92. The molecule has 0 saturated carbocycles. The maximum Gasteiger partial charge on any atom is 0.421 e. The normalized spacial score (nSPS) is 11.4. The molecule has 0 atom stereocenters. The molecule has 0 radical (unpaired) electrons. The first kappa shape index (κ1) is 19.0. The predicted molar refractivity (Wildman–Crippen MR) is 91.3 cm³/mol. The number of anilines is 2. The van der Waals surface area contributed by atoms with Crippen LogP contribution in [0.1, 0.15) is 37.3 Å². The lowest BCUT2D eigenvalue weighted by Crippen LogP contribution is -2.19. The van der Waals surface area contributed by atoms with Gasteiger partial charge in [-0.3, -0.25) is 0 Å². The van der Waals surface area contributed by atoms with Gasteiger partial charge in [-0.05, 0) is 30.5 Å². The minimum absolute atomic E-state index is 0.103. The largest absolute Gasteiger partial charge is 0.467 e. The van der Waals surface area contributed by atoms with E-state index in [0.29, 0.717) is 5.69 Å². The highest BCUT2D eigenvalue weighted by Crippen LogP contribution is 2.37. The SMILES string of the molecule is CCCCCc1cccc(N(C)c2nc(OC)ncc2C(F)(F)F)c1. The van der Waals surface area contributed by atoms with Gasteiger partial charge in [-0.15, -0.1) is 0 Å². The number of rotatable bonds is 7. The second kappa shape index (κ2) is 8.18. The standard InChI is InChI=1S/C18H22F3N3O/c1-4-5-6-8-13-9-7-10-14(11-13)24(2)16-15(18(19,20)21)12-22-17(23-16)25-3/h7,9-12H,4-6,8H2,1-3H3. The van der Waals surface area contributed by atoms with Gasteiger partial charge in [-0.25, -0.2) is 4.98 Å². The number of aryl methyl sites for hydroxylation is 1. The zero-order chi connectivity index (χ0) is 18.4. The summed E-state index contributed by atoms with van der Waals surface area (Å²) in [5.74, 6) is -0.231. The van der Waals surface area contributed by atoms with Crippen molar-refractivity contribution < 1.29 is 17.9 Å². The molecule has 0 aliphatic heterocycles. The van der Waals surface area contributed by atoms with Gasteiger partial charge in [0.1, 0.15) is 5.56 Å². The highest BCUT2D eigenvalue weighted by Gasteiger charge is 2.36. The first-order chi connectivity index (χ1) is 11.9. The average Bonchev–Trinajstić information content (AvgIpc) is 2.60. The molecule has 0 saturated heterocycles. The average molecular weight is 353 g/mol. The Labute approximate surface area is 145 Å². The molecule has 0 aliphatic rings. The second-order valence-electron chi connectivity index (χ2n) is 5.78. The first-order valence-electron chi connectivity index (χ1n) is 8.17. The van der Waals surface area contributed by atoms with Gasteiger partial charge in [0.05, 0.1) is 7.11 Å². The van der Waals surface area contributed by atoms with Crippen molar-refractivity contribution in [3.05, 3.63) is 41.6 Å². The van der Waals surface area contributed by atoms with E-state index in [1.165, 1.54) is 12.0 Å². The summed E-state index contributed by atoms with van der Waals surface area (Å²) in [4.78, 5) is 8.91. The lowest BCUT2D eigenvalue weighted by molar-refractivity contribution is -0.137. The molecule has 7 heteroatoms. The summed E-state index contributed by atoms with van der Waals surface area (Å²) in [5.41, 5.74) is 0.833. The first-order valence-corrected chi connectivity index (χ1v) is 8.17. The number of unbranched alkanes of at least 4 members (excludes halogenated alkanes) is 2. The predicted octanol–water partition coefficient (Wildman–Crippen LogP) is 5.00. The summed E-state index contributed by atoms with van der Waals surface area (Å²) in [7, 11) is 2.88. The third kappa shape index (κ3) is 4.84. The fourth-order valence-corrected chi connectivity index (χ4v) is 2.53. The highest BCUT2D eigenvalue weighted by atomic mass is 19.4. The van der Waals surface area contributed by atoms with Gasteiger partial charge in [0.2, 0.25) is 0 Å². The number of methoxy groups -OCH3 is 1. The lowest BCUT2D eigenvalue weighted by atomic mass is 10.1. The summed E-state index contributed by atoms with van der Waals surface area (Å²) in [5, 5.41) is 0. The zero-order valence-corrected chi connectivity index (χ0v) is 14.6. The molecule has 0 aliphatic carbocycles. The second-order valence-corrected chi connectivity index (χ2v) is 5.78. The van der Waals surface area contributed by atoms with Crippen molar-refractivity contribution >= 4 is 11.5 Å². The molecule has 0 spiro atoms. The van der Waals surface area contributed by atoms with Crippen LogP contribution in [0.3, 0.4) is 0 Å². The van der Waals surface area contributed by atoms with Crippen LogP contribution in [0.25, 0.3) is 0 Å². The number of hydrogen-bond donors (Lipinski definition) is 0. The topological polar surface area (TPSA) is 38.2 Å². The van der Waals surface area contributed by atoms with Crippen molar-refractivity contribution in [1.29, 1.82) is 0 Å². The van der Waals surface area contributed by atoms with E-state index >= 15 is 0 Å². The third-order valence-corrected chi connectivity index (χ3v) is 3.92. The quantitative estimate of drug-likeness (QED) is 0.656. The monoisotopic (exact) mass is 353 g/mol. The fourth-order valence-electron chi connectivity index (χ4n) is 2.53. The van der Waals surface area contributed by atoms with Crippen LogP contribution in [0.15, 0.2) is 30.5 Å². The van der Waals surface area contributed by atoms with Crippen LogP contribution in [0.4, 0.5) is 24.7 Å². The summed E-state index contributed by atoms with van der Waals surface area (Å²) >= 11 is 0. The summed E-state index contributed by atoms with van der Waals surface area (Å²) in [6, 6.07) is 7.38. The number of alkyl halides is 3. The Hall–Kier alpha value is -2.31. The van der Waals surface area contributed by atoms with E-state index in [2.05, 4.69) is 16.9 Å². The Morgan fingerprint density at radius 2 is 1.96 bits per heavy atom. The summed E-state index contributed by atoms with van der Waals surface area (Å²) < 4.78 is 44.8. The van der Waals surface area contributed by atoms with Crippen molar-refractivity contribution in [2.75, 3.05) is 19.1 Å². The van der Waals surface area contributed by atoms with Gasteiger partial charge in [0.15, 0.2) is 5.82 Å². The molecule has 2 rings (SSSR count). The Kier molecular flexibility index (Phi) is 6.22. The molecule has 136 valence electrons. The summed E-state index contributed by atoms with van der Waals surface area (Å²) in [6.45, 7) is 2.13. The van der Waals surface area contributed by atoms with Gasteiger partial charge in [-0.1, -0.05) is 31.9 Å². The van der Waals surface area contributed by atoms with Crippen LogP contribution in [0.2, 0.25) is 0 Å². The van der Waals surface area contributed by atoms with E-state index in [9.17, 15) is 13.2 Å². The number of nitrogens with zero attached hydrogens (tertiary/aromatic N) is 3. The van der Waals surface area contributed by atoms with Crippen molar-refractivity contribution in [2.24, 2.45) is 0 Å². The molecule has 4 nitrogen and oxygen atoms in total. The molecule has 1 aromatic carbocycles. The van der Waals surface area contributed by atoms with Crippen LogP contribution >= 0.6 is 0 Å². The van der Waals surface area contributed by atoms with Crippen molar-refractivity contribution in [3.63, 3.8) is 0 Å². The Morgan fingerprint density at radius 1 is 1.20 bits per heavy atom. The van der Waals surface area contributed by atoms with E-state index < -0.39 is 11.7 Å². The van der Waals surface area contributed by atoms with Crippen LogP contribution in [-0.4, -0.2) is 24.1 Å².